The minimum absolute atomic E-state index is 0.0610. The molecule has 0 saturated heterocycles. The van der Waals surface area contributed by atoms with E-state index in [0.717, 1.165) is 56.8 Å². The molecule has 0 bridgehead atoms. The molecule has 3 rings (SSSR count). The number of allylic oxidation sites excluding steroid dienone is 2. The highest BCUT2D eigenvalue weighted by atomic mass is 32.2. The quantitative estimate of drug-likeness (QED) is 0.478. The van der Waals surface area contributed by atoms with E-state index < -0.39 is 12.2 Å². The summed E-state index contributed by atoms with van der Waals surface area (Å²) in [5, 5.41) is 20.6. The normalized spacial score (nSPS) is 25.9. The highest BCUT2D eigenvalue weighted by Crippen LogP contribution is 2.41. The third kappa shape index (κ3) is 5.83. The Morgan fingerprint density at radius 3 is 2.63 bits per heavy atom. The zero-order valence-corrected chi connectivity index (χ0v) is 18.7. The number of unbranched alkanes of at least 4 members (excludes halogenated alkanes) is 1. The van der Waals surface area contributed by atoms with Crippen LogP contribution in [0.1, 0.15) is 87.9 Å². The molecule has 0 spiro atoms. The Kier molecular flexibility index (Phi) is 8.72. The number of thioether (sulfide) groups is 1. The van der Waals surface area contributed by atoms with E-state index in [4.69, 9.17) is 0 Å². The summed E-state index contributed by atoms with van der Waals surface area (Å²) in [6.45, 7) is 2.06. The lowest BCUT2D eigenvalue weighted by Gasteiger charge is -2.21. The van der Waals surface area contributed by atoms with Crippen molar-refractivity contribution in [3.63, 3.8) is 0 Å². The smallest absolute Gasteiger partial charge is 0.140 e. The predicted molar refractivity (Wildman–Crippen MR) is 121 cm³/mol. The maximum absolute atomic E-state index is 12.6. The van der Waals surface area contributed by atoms with Crippen molar-refractivity contribution in [2.75, 3.05) is 0 Å². The number of carbonyl (C=O) groups excluding carboxylic acids is 2. The second kappa shape index (κ2) is 11.3. The zero-order valence-electron chi connectivity index (χ0n) is 17.8. The van der Waals surface area contributed by atoms with Gasteiger partial charge >= 0.3 is 0 Å². The summed E-state index contributed by atoms with van der Waals surface area (Å²) in [6, 6.07) is 7.63. The highest BCUT2D eigenvalue weighted by Gasteiger charge is 2.35. The standard InChI is InChI=1S/C25H34O4S/c1-2-3-7-23(28)25(29)19-10-8-18(9-11-19)24-17(12-15-22(24)27)5-4-6-20-13-14-21(16-26)30-20/h8-11,13,16-17,21,23-25,28-29H,2-7,12,14-15H2,1H3/t17-,21?,23?,24?,25?/m0/s1. The SMILES string of the molecule is CCCCC(O)C(O)c1ccc(C2C(=O)CC[C@@H]2CCCC2=CCC(C=O)S2)cc1. The van der Waals surface area contributed by atoms with Gasteiger partial charge in [0, 0.05) is 12.3 Å². The van der Waals surface area contributed by atoms with Crippen LogP contribution < -0.4 is 0 Å². The Bertz CT molecular complexity index is 742. The van der Waals surface area contributed by atoms with Crippen molar-refractivity contribution in [2.24, 2.45) is 5.92 Å². The van der Waals surface area contributed by atoms with Crippen LogP contribution in [0.15, 0.2) is 35.2 Å². The number of Topliss-reactive ketones (excluding diaryl/α,β-unsaturated/α-hetero) is 1. The molecule has 30 heavy (non-hydrogen) atoms. The lowest BCUT2D eigenvalue weighted by Crippen LogP contribution is -2.18. The van der Waals surface area contributed by atoms with Crippen LogP contribution in [0.4, 0.5) is 0 Å². The lowest BCUT2D eigenvalue weighted by molar-refractivity contribution is -0.119. The van der Waals surface area contributed by atoms with E-state index in [0.29, 0.717) is 30.1 Å². The van der Waals surface area contributed by atoms with Gasteiger partial charge in [-0.1, -0.05) is 50.1 Å². The van der Waals surface area contributed by atoms with Crippen molar-refractivity contribution >= 4 is 23.8 Å². The third-order valence-corrected chi connectivity index (χ3v) is 7.75. The van der Waals surface area contributed by atoms with Gasteiger partial charge in [0.15, 0.2) is 0 Å². The van der Waals surface area contributed by atoms with Gasteiger partial charge in [-0.05, 0) is 60.5 Å². The van der Waals surface area contributed by atoms with E-state index in [9.17, 15) is 19.8 Å². The Balaban J connectivity index is 1.56. The van der Waals surface area contributed by atoms with Crippen LogP contribution in [0, 0.1) is 5.92 Å². The predicted octanol–water partition coefficient (Wildman–Crippen LogP) is 5.09. The van der Waals surface area contributed by atoms with E-state index in [1.807, 2.05) is 24.3 Å². The summed E-state index contributed by atoms with van der Waals surface area (Å²) < 4.78 is 0. The van der Waals surface area contributed by atoms with Gasteiger partial charge in [-0.15, -0.1) is 11.8 Å². The number of aliphatic hydroxyl groups excluding tert-OH is 2. The molecule has 5 heteroatoms. The first-order valence-corrected chi connectivity index (χ1v) is 12.2. The molecular weight excluding hydrogens is 396 g/mol. The van der Waals surface area contributed by atoms with Crippen molar-refractivity contribution in [1.29, 1.82) is 0 Å². The minimum Gasteiger partial charge on any atom is -0.390 e. The van der Waals surface area contributed by atoms with Crippen molar-refractivity contribution in [3.05, 3.63) is 46.4 Å². The first kappa shape index (κ1) is 23.2. The summed E-state index contributed by atoms with van der Waals surface area (Å²) in [4.78, 5) is 24.8. The summed E-state index contributed by atoms with van der Waals surface area (Å²) in [6.07, 6.45) is 9.51. The van der Waals surface area contributed by atoms with Gasteiger partial charge in [0.05, 0.1) is 11.4 Å². The van der Waals surface area contributed by atoms with E-state index in [1.54, 1.807) is 11.8 Å². The second-order valence-corrected chi connectivity index (χ2v) is 10.0. The summed E-state index contributed by atoms with van der Waals surface area (Å²) in [5.74, 6) is 0.609. The van der Waals surface area contributed by atoms with Gasteiger partial charge in [0.1, 0.15) is 18.2 Å². The molecule has 2 N–H and O–H groups in total. The second-order valence-electron chi connectivity index (χ2n) is 8.65. The molecule has 1 saturated carbocycles. The molecule has 1 aromatic carbocycles. The maximum atomic E-state index is 12.6. The molecule has 0 amide bonds. The molecule has 1 aliphatic heterocycles. The van der Waals surface area contributed by atoms with E-state index in [2.05, 4.69) is 13.0 Å². The molecule has 2 aliphatic rings. The lowest BCUT2D eigenvalue weighted by atomic mass is 9.84. The summed E-state index contributed by atoms with van der Waals surface area (Å²) in [5.41, 5.74) is 1.73. The number of ketones is 1. The largest absolute Gasteiger partial charge is 0.390 e. The maximum Gasteiger partial charge on any atom is 0.140 e. The number of benzene rings is 1. The molecule has 0 radical (unpaired) electrons. The molecule has 5 atom stereocenters. The van der Waals surface area contributed by atoms with Crippen LogP contribution in [0.5, 0.6) is 0 Å². The van der Waals surface area contributed by atoms with Crippen LogP contribution in [0.2, 0.25) is 0 Å². The number of hydrogen-bond acceptors (Lipinski definition) is 5. The average molecular weight is 431 g/mol. The fraction of sp³-hybridized carbons (Fsp3) is 0.600. The first-order valence-electron chi connectivity index (χ1n) is 11.3. The Hall–Kier alpha value is -1.43. The van der Waals surface area contributed by atoms with Crippen molar-refractivity contribution in [1.82, 2.24) is 0 Å². The summed E-state index contributed by atoms with van der Waals surface area (Å²) in [7, 11) is 0. The molecule has 1 aromatic rings. The number of rotatable bonds is 11. The third-order valence-electron chi connectivity index (χ3n) is 6.47. The van der Waals surface area contributed by atoms with E-state index in [1.165, 1.54) is 4.91 Å². The van der Waals surface area contributed by atoms with Crippen molar-refractivity contribution in [3.8, 4) is 0 Å². The van der Waals surface area contributed by atoms with Crippen LogP contribution in [0.25, 0.3) is 0 Å². The number of aliphatic hydroxyl groups is 2. The molecular formula is C25H34O4S. The van der Waals surface area contributed by atoms with Crippen LogP contribution in [-0.4, -0.2) is 33.6 Å². The van der Waals surface area contributed by atoms with Crippen LogP contribution in [-0.2, 0) is 9.59 Å². The Labute approximate surface area is 184 Å². The van der Waals surface area contributed by atoms with E-state index >= 15 is 0 Å². The number of aldehydes is 1. The van der Waals surface area contributed by atoms with Crippen LogP contribution in [0.3, 0.4) is 0 Å². The molecule has 1 fully saturated rings. The minimum atomic E-state index is -0.881. The molecule has 164 valence electrons. The van der Waals surface area contributed by atoms with E-state index in [-0.39, 0.29) is 11.2 Å². The molecule has 4 unspecified atom stereocenters. The first-order chi connectivity index (χ1) is 14.5. The highest BCUT2D eigenvalue weighted by molar-refractivity contribution is 8.04. The van der Waals surface area contributed by atoms with Crippen molar-refractivity contribution < 1.29 is 19.8 Å². The average Bonchev–Trinajstić information content (AvgIpc) is 3.38. The Morgan fingerprint density at radius 1 is 1.20 bits per heavy atom. The molecule has 0 aromatic heterocycles. The number of hydrogen-bond donors (Lipinski definition) is 2. The van der Waals surface area contributed by atoms with Crippen LogP contribution >= 0.6 is 11.8 Å². The summed E-state index contributed by atoms with van der Waals surface area (Å²) >= 11 is 1.68. The molecule has 1 aliphatic carbocycles. The topological polar surface area (TPSA) is 74.6 Å². The zero-order chi connectivity index (χ0) is 21.5. The van der Waals surface area contributed by atoms with Gasteiger partial charge in [-0.25, -0.2) is 0 Å². The van der Waals surface area contributed by atoms with Gasteiger partial charge in [0.25, 0.3) is 0 Å². The van der Waals surface area contributed by atoms with Gasteiger partial charge in [-0.2, -0.15) is 0 Å². The Morgan fingerprint density at radius 2 is 1.97 bits per heavy atom. The van der Waals surface area contributed by atoms with Gasteiger partial charge in [-0.3, -0.25) is 4.79 Å². The molecule has 4 nitrogen and oxygen atoms in total. The van der Waals surface area contributed by atoms with Gasteiger partial charge in [0.2, 0.25) is 0 Å². The fourth-order valence-corrected chi connectivity index (χ4v) is 5.79. The van der Waals surface area contributed by atoms with Gasteiger partial charge < -0.3 is 15.0 Å². The monoisotopic (exact) mass is 430 g/mol. The number of carbonyl (C=O) groups is 2. The fourth-order valence-electron chi connectivity index (χ4n) is 4.70. The van der Waals surface area contributed by atoms with Crippen molar-refractivity contribution in [2.45, 2.75) is 88.1 Å². The molecule has 1 heterocycles.